The van der Waals surface area contributed by atoms with Crippen LogP contribution in [0.2, 0.25) is 0 Å². The van der Waals surface area contributed by atoms with Crippen molar-refractivity contribution >= 4 is 11.9 Å². The summed E-state index contributed by atoms with van der Waals surface area (Å²) in [6.07, 6.45) is 11.2. The molecule has 0 N–H and O–H groups in total. The average molecular weight is 428 g/mol. The molecule has 1 fully saturated rings. The molecule has 0 saturated heterocycles. The van der Waals surface area contributed by atoms with Gasteiger partial charge in [-0.1, -0.05) is 50.8 Å². The third kappa shape index (κ3) is 5.30. The molecule has 0 radical (unpaired) electrons. The van der Waals surface area contributed by atoms with E-state index >= 15 is 0 Å². The standard InChI is InChI=1S/C25H33NO5/c1-4-5-15-31-22-14-10-9-13-19(22)23-20(24(27)29-2)16-26(17-21(23)25(28)30-3)18-11-7-6-8-12-18/h9-10,13-14,16-18,23H,4-8,11-12,15H2,1-3H3. The van der Waals surface area contributed by atoms with Crippen LogP contribution in [0.4, 0.5) is 0 Å². The Hall–Kier alpha value is -2.76. The molecule has 3 rings (SSSR count). The van der Waals surface area contributed by atoms with Crippen molar-refractivity contribution in [1.82, 2.24) is 4.90 Å². The van der Waals surface area contributed by atoms with E-state index in [1.54, 1.807) is 0 Å². The number of para-hydroxylation sites is 1. The van der Waals surface area contributed by atoms with Crippen molar-refractivity contribution in [3.05, 3.63) is 53.4 Å². The third-order valence-corrected chi connectivity index (χ3v) is 6.02. The second-order valence-electron chi connectivity index (χ2n) is 8.06. The van der Waals surface area contributed by atoms with Crippen LogP contribution >= 0.6 is 0 Å². The molecule has 31 heavy (non-hydrogen) atoms. The molecule has 1 saturated carbocycles. The highest BCUT2D eigenvalue weighted by Crippen LogP contribution is 2.42. The van der Waals surface area contributed by atoms with E-state index in [-0.39, 0.29) is 6.04 Å². The van der Waals surface area contributed by atoms with Gasteiger partial charge in [-0.3, -0.25) is 0 Å². The highest BCUT2D eigenvalue weighted by atomic mass is 16.5. The number of hydrogen-bond acceptors (Lipinski definition) is 6. The summed E-state index contributed by atoms with van der Waals surface area (Å²) >= 11 is 0. The maximum Gasteiger partial charge on any atom is 0.336 e. The monoisotopic (exact) mass is 427 g/mol. The van der Waals surface area contributed by atoms with Gasteiger partial charge in [0.25, 0.3) is 0 Å². The molecule has 1 aromatic rings. The number of carbonyl (C=O) groups excluding carboxylic acids is 2. The first-order valence-corrected chi connectivity index (χ1v) is 11.2. The topological polar surface area (TPSA) is 65.1 Å². The predicted molar refractivity (Wildman–Crippen MR) is 118 cm³/mol. The lowest BCUT2D eigenvalue weighted by atomic mass is 9.82. The number of benzene rings is 1. The summed E-state index contributed by atoms with van der Waals surface area (Å²) in [5, 5.41) is 0. The highest BCUT2D eigenvalue weighted by Gasteiger charge is 2.38. The highest BCUT2D eigenvalue weighted by molar-refractivity contribution is 5.98. The fourth-order valence-electron chi connectivity index (χ4n) is 4.35. The van der Waals surface area contributed by atoms with E-state index in [1.807, 2.05) is 41.6 Å². The summed E-state index contributed by atoms with van der Waals surface area (Å²) in [6.45, 7) is 2.68. The van der Waals surface area contributed by atoms with Gasteiger partial charge in [0.1, 0.15) is 5.75 Å². The number of unbranched alkanes of at least 4 members (excludes halogenated alkanes) is 1. The SMILES string of the molecule is CCCCOc1ccccc1C1C(C(=O)OC)=CN(C2CCCCC2)C=C1C(=O)OC. The zero-order chi connectivity index (χ0) is 22.2. The smallest absolute Gasteiger partial charge is 0.336 e. The predicted octanol–water partition coefficient (Wildman–Crippen LogP) is 4.71. The Balaban J connectivity index is 2.07. The lowest BCUT2D eigenvalue weighted by Gasteiger charge is -2.36. The minimum Gasteiger partial charge on any atom is -0.493 e. The minimum absolute atomic E-state index is 0.255. The van der Waals surface area contributed by atoms with E-state index in [0.29, 0.717) is 23.5 Å². The fourth-order valence-corrected chi connectivity index (χ4v) is 4.35. The van der Waals surface area contributed by atoms with Gasteiger partial charge in [0.2, 0.25) is 0 Å². The minimum atomic E-state index is -0.613. The molecule has 2 aliphatic rings. The average Bonchev–Trinajstić information content (AvgIpc) is 2.83. The zero-order valence-corrected chi connectivity index (χ0v) is 18.8. The number of ether oxygens (including phenoxy) is 3. The van der Waals surface area contributed by atoms with Crippen LogP contribution in [0.1, 0.15) is 63.4 Å². The molecule has 0 atom stereocenters. The molecule has 168 valence electrons. The summed E-state index contributed by atoms with van der Waals surface area (Å²) in [6, 6.07) is 7.81. The van der Waals surface area contributed by atoms with Gasteiger partial charge in [0.15, 0.2) is 0 Å². The number of carbonyl (C=O) groups is 2. The van der Waals surface area contributed by atoms with Crippen molar-refractivity contribution in [2.45, 2.75) is 63.8 Å². The van der Waals surface area contributed by atoms with E-state index in [9.17, 15) is 9.59 Å². The van der Waals surface area contributed by atoms with Crippen LogP contribution in [-0.4, -0.2) is 43.7 Å². The molecule has 0 unspecified atom stereocenters. The quantitative estimate of drug-likeness (QED) is 0.442. The molecule has 6 nitrogen and oxygen atoms in total. The second kappa shape index (κ2) is 11.0. The normalized spacial score (nSPS) is 17.6. The Kier molecular flexibility index (Phi) is 8.15. The van der Waals surface area contributed by atoms with E-state index < -0.39 is 17.9 Å². The van der Waals surface area contributed by atoms with Crippen molar-refractivity contribution in [2.24, 2.45) is 0 Å². The second-order valence-corrected chi connectivity index (χ2v) is 8.06. The number of esters is 2. The molecule has 0 spiro atoms. The van der Waals surface area contributed by atoms with E-state index in [0.717, 1.165) is 44.1 Å². The van der Waals surface area contributed by atoms with Crippen LogP contribution in [0.25, 0.3) is 0 Å². The van der Waals surface area contributed by atoms with Gasteiger partial charge in [-0.15, -0.1) is 0 Å². The van der Waals surface area contributed by atoms with E-state index in [2.05, 4.69) is 6.92 Å². The number of rotatable bonds is 8. The Morgan fingerprint density at radius 1 is 0.968 bits per heavy atom. The Labute approximate surface area is 184 Å². The van der Waals surface area contributed by atoms with Gasteiger partial charge in [-0.2, -0.15) is 0 Å². The van der Waals surface area contributed by atoms with Crippen molar-refractivity contribution in [3.8, 4) is 5.75 Å². The van der Waals surface area contributed by atoms with Gasteiger partial charge in [0.05, 0.1) is 37.9 Å². The molecule has 0 aromatic heterocycles. The summed E-state index contributed by atoms with van der Waals surface area (Å²) in [7, 11) is 2.73. The zero-order valence-electron chi connectivity index (χ0n) is 18.8. The molecular weight excluding hydrogens is 394 g/mol. The summed E-state index contributed by atoms with van der Waals surface area (Å²) < 4.78 is 16.3. The van der Waals surface area contributed by atoms with Crippen LogP contribution in [-0.2, 0) is 19.1 Å². The molecule has 1 aromatic carbocycles. The van der Waals surface area contributed by atoms with Crippen LogP contribution in [0.5, 0.6) is 5.75 Å². The molecule has 0 amide bonds. The lowest BCUT2D eigenvalue weighted by Crippen LogP contribution is -2.35. The van der Waals surface area contributed by atoms with Gasteiger partial charge < -0.3 is 19.1 Å². The van der Waals surface area contributed by atoms with Crippen molar-refractivity contribution in [2.75, 3.05) is 20.8 Å². The Morgan fingerprint density at radius 2 is 1.58 bits per heavy atom. The van der Waals surface area contributed by atoms with Crippen LogP contribution < -0.4 is 4.74 Å². The van der Waals surface area contributed by atoms with Crippen molar-refractivity contribution in [3.63, 3.8) is 0 Å². The van der Waals surface area contributed by atoms with Crippen LogP contribution in [0, 0.1) is 0 Å². The summed E-state index contributed by atoms with van der Waals surface area (Å²) in [5.74, 6) is -0.860. The lowest BCUT2D eigenvalue weighted by molar-refractivity contribution is -0.137. The first kappa shape index (κ1) is 22.9. The number of hydrogen-bond donors (Lipinski definition) is 0. The molecule has 6 heteroatoms. The summed E-state index contributed by atoms with van der Waals surface area (Å²) in [5.41, 5.74) is 1.60. The number of nitrogens with zero attached hydrogens (tertiary/aromatic N) is 1. The molecular formula is C25H33NO5. The summed E-state index contributed by atoms with van der Waals surface area (Å²) in [4.78, 5) is 27.7. The molecule has 0 bridgehead atoms. The molecule has 1 heterocycles. The van der Waals surface area contributed by atoms with Gasteiger partial charge in [-0.05, 0) is 25.3 Å². The van der Waals surface area contributed by atoms with Gasteiger partial charge in [-0.25, -0.2) is 9.59 Å². The first-order chi connectivity index (χ1) is 15.1. The Bertz CT molecular complexity index is 804. The molecule has 1 aliphatic heterocycles. The fraction of sp³-hybridized carbons (Fsp3) is 0.520. The maximum absolute atomic E-state index is 12.9. The van der Waals surface area contributed by atoms with E-state index in [4.69, 9.17) is 14.2 Å². The first-order valence-electron chi connectivity index (χ1n) is 11.2. The van der Waals surface area contributed by atoms with E-state index in [1.165, 1.54) is 20.6 Å². The van der Waals surface area contributed by atoms with Crippen LogP contribution in [0.15, 0.2) is 47.8 Å². The van der Waals surface area contributed by atoms with Gasteiger partial charge >= 0.3 is 11.9 Å². The maximum atomic E-state index is 12.9. The van der Waals surface area contributed by atoms with Crippen molar-refractivity contribution in [1.29, 1.82) is 0 Å². The number of methoxy groups -OCH3 is 2. The Morgan fingerprint density at radius 3 is 2.16 bits per heavy atom. The van der Waals surface area contributed by atoms with Gasteiger partial charge in [0, 0.05) is 24.0 Å². The largest absolute Gasteiger partial charge is 0.493 e. The van der Waals surface area contributed by atoms with Crippen molar-refractivity contribution < 1.29 is 23.8 Å². The molecule has 1 aliphatic carbocycles. The van der Waals surface area contributed by atoms with Crippen LogP contribution in [0.3, 0.4) is 0 Å². The third-order valence-electron chi connectivity index (χ3n) is 6.02.